The van der Waals surface area contributed by atoms with Gasteiger partial charge in [-0.3, -0.25) is 14.9 Å². The number of barbiturate groups is 1. The van der Waals surface area contributed by atoms with E-state index in [1.807, 2.05) is 0 Å². The lowest BCUT2D eigenvalue weighted by Gasteiger charge is -2.30. The Morgan fingerprint density at radius 1 is 1.30 bits per heavy atom. The predicted molar refractivity (Wildman–Crippen MR) is 63.8 cm³/mol. The van der Waals surface area contributed by atoms with Crippen molar-refractivity contribution in [1.29, 1.82) is 5.26 Å². The molecule has 1 aromatic carbocycles. The lowest BCUT2D eigenvalue weighted by atomic mass is 10.0. The number of nitrogens with one attached hydrogen (secondary N) is 1. The molecule has 1 saturated heterocycles. The Kier molecular flexibility index (Phi) is 2.38. The van der Waals surface area contributed by atoms with Gasteiger partial charge >= 0.3 is 6.03 Å². The van der Waals surface area contributed by atoms with Gasteiger partial charge in [-0.2, -0.15) is 5.26 Å². The van der Waals surface area contributed by atoms with Gasteiger partial charge in [-0.25, -0.2) is 14.1 Å². The zero-order valence-electron chi connectivity index (χ0n) is 10.1. The summed E-state index contributed by atoms with van der Waals surface area (Å²) in [6.07, 6.45) is 0.693. The third kappa shape index (κ3) is 1.51. The number of benzene rings is 1. The summed E-state index contributed by atoms with van der Waals surface area (Å²) in [4.78, 5) is 36.3. The molecular weight excluding hydrogens is 265 g/mol. The second-order valence-electron chi connectivity index (χ2n) is 4.76. The molecule has 1 aromatic rings. The number of nitriles is 1. The van der Waals surface area contributed by atoms with Crippen molar-refractivity contribution in [2.24, 2.45) is 5.41 Å². The van der Waals surface area contributed by atoms with Crippen LogP contribution in [-0.4, -0.2) is 17.8 Å². The molecule has 2 aliphatic rings. The molecule has 1 aliphatic heterocycles. The zero-order valence-corrected chi connectivity index (χ0v) is 10.1. The van der Waals surface area contributed by atoms with Crippen LogP contribution in [0, 0.1) is 22.6 Å². The van der Waals surface area contributed by atoms with Crippen LogP contribution < -0.4 is 10.2 Å². The molecular formula is C13H8FN3O3. The third-order valence-electron chi connectivity index (χ3n) is 3.54. The smallest absolute Gasteiger partial charge is 0.276 e. The maximum atomic E-state index is 13.9. The van der Waals surface area contributed by atoms with Gasteiger partial charge in [0.25, 0.3) is 5.91 Å². The minimum atomic E-state index is -1.23. The predicted octanol–water partition coefficient (Wildman–Crippen LogP) is 1.06. The highest BCUT2D eigenvalue weighted by Crippen LogP contribution is 2.49. The van der Waals surface area contributed by atoms with Crippen molar-refractivity contribution in [2.45, 2.75) is 12.8 Å². The second kappa shape index (κ2) is 3.87. The number of hydrogen-bond acceptors (Lipinski definition) is 4. The monoisotopic (exact) mass is 273 g/mol. The van der Waals surface area contributed by atoms with E-state index in [1.54, 1.807) is 6.07 Å². The van der Waals surface area contributed by atoms with E-state index in [2.05, 4.69) is 5.32 Å². The summed E-state index contributed by atoms with van der Waals surface area (Å²) in [5.41, 5.74) is -1.41. The van der Waals surface area contributed by atoms with E-state index in [0.29, 0.717) is 17.7 Å². The molecule has 0 aromatic heterocycles. The van der Waals surface area contributed by atoms with E-state index in [4.69, 9.17) is 5.26 Å². The molecule has 4 amide bonds. The Hall–Kier alpha value is -2.75. The maximum Gasteiger partial charge on any atom is 0.335 e. The van der Waals surface area contributed by atoms with Crippen molar-refractivity contribution >= 4 is 23.5 Å². The number of anilines is 1. The fourth-order valence-electron chi connectivity index (χ4n) is 2.22. The quantitative estimate of drug-likeness (QED) is 0.774. The number of urea groups is 1. The molecule has 0 bridgehead atoms. The van der Waals surface area contributed by atoms with Crippen molar-refractivity contribution in [3.05, 3.63) is 29.6 Å². The summed E-state index contributed by atoms with van der Waals surface area (Å²) in [5.74, 6) is -2.20. The van der Waals surface area contributed by atoms with Gasteiger partial charge < -0.3 is 0 Å². The maximum absolute atomic E-state index is 13.9. The van der Waals surface area contributed by atoms with Gasteiger partial charge in [0.15, 0.2) is 0 Å². The van der Waals surface area contributed by atoms with Gasteiger partial charge in [0, 0.05) is 0 Å². The lowest BCUT2D eigenvalue weighted by molar-refractivity contribution is -0.136. The minimum absolute atomic E-state index is 0.0772. The number of rotatable bonds is 1. The van der Waals surface area contributed by atoms with Crippen molar-refractivity contribution in [3.8, 4) is 6.07 Å². The number of hydrogen-bond donors (Lipinski definition) is 1. The number of carbonyl (C=O) groups is 3. The first kappa shape index (κ1) is 12.3. The Morgan fingerprint density at radius 3 is 2.55 bits per heavy atom. The molecule has 0 radical (unpaired) electrons. The SMILES string of the molecule is N#Cc1ccc(N2C(=O)NC(=O)C3(CC3)C2=O)c(F)c1. The fraction of sp³-hybridized carbons (Fsp3) is 0.231. The van der Waals surface area contributed by atoms with Gasteiger partial charge in [0.1, 0.15) is 11.2 Å². The van der Waals surface area contributed by atoms with Crippen LogP contribution in [0.3, 0.4) is 0 Å². The molecule has 20 heavy (non-hydrogen) atoms. The van der Waals surface area contributed by atoms with E-state index >= 15 is 0 Å². The van der Waals surface area contributed by atoms with E-state index in [-0.39, 0.29) is 11.3 Å². The number of carbonyl (C=O) groups excluding carboxylic acids is 3. The lowest BCUT2D eigenvalue weighted by Crippen LogP contribution is -2.59. The Balaban J connectivity index is 2.05. The van der Waals surface area contributed by atoms with E-state index in [1.165, 1.54) is 12.1 Å². The first-order valence-corrected chi connectivity index (χ1v) is 5.89. The van der Waals surface area contributed by atoms with Gasteiger partial charge in [-0.05, 0) is 31.0 Å². The summed E-state index contributed by atoms with van der Waals surface area (Å²) >= 11 is 0. The molecule has 3 rings (SSSR count). The van der Waals surface area contributed by atoms with Crippen LogP contribution in [0.5, 0.6) is 0 Å². The second-order valence-corrected chi connectivity index (χ2v) is 4.76. The molecule has 1 spiro atoms. The topological polar surface area (TPSA) is 90.3 Å². The van der Waals surface area contributed by atoms with Crippen LogP contribution in [0.25, 0.3) is 0 Å². The Morgan fingerprint density at radius 2 is 2.00 bits per heavy atom. The Bertz CT molecular complexity index is 703. The summed E-state index contributed by atoms with van der Waals surface area (Å²) in [7, 11) is 0. The van der Waals surface area contributed by atoms with Crippen LogP contribution in [0.1, 0.15) is 18.4 Å². The van der Waals surface area contributed by atoms with Gasteiger partial charge in [0.2, 0.25) is 5.91 Å². The molecule has 2 fully saturated rings. The van der Waals surface area contributed by atoms with E-state index < -0.39 is 29.1 Å². The van der Waals surface area contributed by atoms with Crippen LogP contribution >= 0.6 is 0 Å². The third-order valence-corrected chi connectivity index (χ3v) is 3.54. The van der Waals surface area contributed by atoms with Gasteiger partial charge in [-0.15, -0.1) is 0 Å². The average molecular weight is 273 g/mol. The van der Waals surface area contributed by atoms with Gasteiger partial charge in [0.05, 0.1) is 17.3 Å². The zero-order chi connectivity index (χ0) is 14.5. The van der Waals surface area contributed by atoms with Crippen LogP contribution in [-0.2, 0) is 9.59 Å². The molecule has 1 heterocycles. The molecule has 7 heteroatoms. The van der Waals surface area contributed by atoms with Crippen molar-refractivity contribution in [2.75, 3.05) is 4.90 Å². The first-order valence-electron chi connectivity index (χ1n) is 5.89. The van der Waals surface area contributed by atoms with Crippen molar-refractivity contribution in [1.82, 2.24) is 5.32 Å². The Labute approximate surface area is 112 Å². The van der Waals surface area contributed by atoms with Crippen LogP contribution in [0.15, 0.2) is 18.2 Å². The molecule has 100 valence electrons. The normalized spacial score (nSPS) is 19.8. The molecule has 0 atom stereocenters. The number of halogens is 1. The summed E-state index contributed by atoms with van der Waals surface area (Å²) < 4.78 is 13.9. The molecule has 1 saturated carbocycles. The highest BCUT2D eigenvalue weighted by Gasteiger charge is 2.62. The molecule has 6 nitrogen and oxygen atoms in total. The number of imide groups is 2. The number of nitrogens with zero attached hydrogens (tertiary/aromatic N) is 2. The van der Waals surface area contributed by atoms with E-state index in [0.717, 1.165) is 6.07 Å². The van der Waals surface area contributed by atoms with Gasteiger partial charge in [-0.1, -0.05) is 0 Å². The summed E-state index contributed by atoms with van der Waals surface area (Å²) in [5, 5.41) is 10.7. The van der Waals surface area contributed by atoms with Crippen molar-refractivity contribution < 1.29 is 18.8 Å². The first-order chi connectivity index (χ1) is 9.49. The summed E-state index contributed by atoms with van der Waals surface area (Å²) in [6.45, 7) is 0. The highest BCUT2D eigenvalue weighted by atomic mass is 19.1. The summed E-state index contributed by atoms with van der Waals surface area (Å²) in [6, 6.07) is 4.20. The fourth-order valence-corrected chi connectivity index (χ4v) is 2.22. The molecule has 0 unspecified atom stereocenters. The minimum Gasteiger partial charge on any atom is -0.276 e. The van der Waals surface area contributed by atoms with Crippen molar-refractivity contribution in [3.63, 3.8) is 0 Å². The van der Waals surface area contributed by atoms with Crippen LogP contribution in [0.4, 0.5) is 14.9 Å². The van der Waals surface area contributed by atoms with E-state index in [9.17, 15) is 18.8 Å². The molecule has 1 N–H and O–H groups in total. The molecule has 1 aliphatic carbocycles. The van der Waals surface area contributed by atoms with Crippen LogP contribution in [0.2, 0.25) is 0 Å². The highest BCUT2D eigenvalue weighted by molar-refractivity contribution is 6.31. The largest absolute Gasteiger partial charge is 0.335 e. The average Bonchev–Trinajstić information content (AvgIpc) is 3.20. The standard InChI is InChI=1S/C13H8FN3O3/c14-8-5-7(6-15)1-2-9(8)17-11(19)13(3-4-13)10(18)16-12(17)20/h1-2,5H,3-4H2,(H,16,18,20). The number of amides is 4.